The fourth-order valence-corrected chi connectivity index (χ4v) is 3.55. The lowest BCUT2D eigenvalue weighted by molar-refractivity contribution is -0.777. The molecular weight excluding hydrogens is 516 g/mol. The summed E-state index contributed by atoms with van der Waals surface area (Å²) in [6.45, 7) is 8.00. The summed E-state index contributed by atoms with van der Waals surface area (Å²) in [5, 5.41) is 19.8. The predicted octanol–water partition coefficient (Wildman–Crippen LogP) is 5.38. The molecule has 192 valence electrons. The Labute approximate surface area is 210 Å². The van der Waals surface area contributed by atoms with Gasteiger partial charge in [0.2, 0.25) is 0 Å². The first-order chi connectivity index (χ1) is 17.2. The minimum Gasteiger partial charge on any atom is -0.744 e. The quantitative estimate of drug-likeness (QED) is 0.0435. The van der Waals surface area contributed by atoms with Gasteiger partial charge in [0.05, 0.1) is 21.8 Å². The number of carbonyl (C=O) groups is 2. The first-order valence-electron chi connectivity index (χ1n) is 9.95. The molecule has 2 rings (SSSR count). The molecule has 0 N–H and O–H groups in total. The molecule has 0 saturated heterocycles. The van der Waals surface area contributed by atoms with Gasteiger partial charge in [-0.2, -0.15) is 4.33 Å². The minimum absolute atomic E-state index is 0.00870. The summed E-state index contributed by atoms with van der Waals surface area (Å²) >= 11 is 0.340. The Morgan fingerprint density at radius 1 is 0.917 bits per heavy atom. The molecule has 0 radical (unpaired) electrons. The van der Waals surface area contributed by atoms with Gasteiger partial charge < -0.3 is 9.81 Å². The van der Waals surface area contributed by atoms with E-state index < -0.39 is 32.1 Å². The summed E-state index contributed by atoms with van der Waals surface area (Å²) in [6.07, 6.45) is 1.51. The van der Waals surface area contributed by atoms with Crippen molar-refractivity contribution in [2.45, 2.75) is 37.5 Å². The van der Waals surface area contributed by atoms with Crippen LogP contribution in [0.25, 0.3) is 20.9 Å². The van der Waals surface area contributed by atoms with Gasteiger partial charge in [-0.15, -0.1) is 0 Å². The number of nitrogens with zero attached hydrogens (tertiary/aromatic N) is 6. The van der Waals surface area contributed by atoms with Gasteiger partial charge in [-0.1, -0.05) is 50.1 Å². The second kappa shape index (κ2) is 16.8. The van der Waals surface area contributed by atoms with Crippen molar-refractivity contribution >= 4 is 45.1 Å². The van der Waals surface area contributed by atoms with Crippen molar-refractivity contribution in [3.63, 3.8) is 0 Å². The largest absolute Gasteiger partial charge is 0.744 e. The number of azide groups is 2. The van der Waals surface area contributed by atoms with Crippen molar-refractivity contribution in [3.05, 3.63) is 80.6 Å². The molecule has 0 aliphatic heterocycles. The van der Waals surface area contributed by atoms with Crippen LogP contribution in [0.4, 0.5) is 11.4 Å². The number of hydrogen-bond acceptors (Lipinski definition) is 11. The van der Waals surface area contributed by atoms with Crippen LogP contribution >= 0.6 is 12.0 Å². The lowest BCUT2D eigenvalue weighted by Crippen LogP contribution is -2.08. The Balaban J connectivity index is 0.00000291. The van der Waals surface area contributed by atoms with Gasteiger partial charge in [-0.05, 0) is 47.5 Å². The summed E-state index contributed by atoms with van der Waals surface area (Å²) in [7, 11) is -5.11. The normalized spacial score (nSPS) is 10.1. The third-order valence-corrected chi connectivity index (χ3v) is 5.11. The molecule has 0 unspecified atom stereocenters. The van der Waals surface area contributed by atoms with Crippen LogP contribution in [0.5, 0.6) is 0 Å². The maximum absolute atomic E-state index is 12.5. The van der Waals surface area contributed by atoms with Crippen molar-refractivity contribution in [3.8, 4) is 0 Å². The highest BCUT2D eigenvalue weighted by molar-refractivity contribution is 7.94. The van der Waals surface area contributed by atoms with Gasteiger partial charge in [-0.25, -0.2) is 8.42 Å². The van der Waals surface area contributed by atoms with E-state index in [0.29, 0.717) is 12.0 Å². The van der Waals surface area contributed by atoms with Crippen LogP contribution in [0.15, 0.2) is 68.6 Å². The summed E-state index contributed by atoms with van der Waals surface area (Å²) in [5.41, 5.74) is 16.2. The van der Waals surface area contributed by atoms with E-state index >= 15 is 0 Å². The lowest BCUT2D eigenvalue weighted by Gasteiger charge is -2.11. The number of ketones is 2. The maximum atomic E-state index is 12.5. The van der Waals surface area contributed by atoms with Crippen molar-refractivity contribution < 1.29 is 37.2 Å². The van der Waals surface area contributed by atoms with Crippen molar-refractivity contribution in [1.82, 2.24) is 0 Å². The first-order valence-corrected chi connectivity index (χ1v) is 12.1. The van der Waals surface area contributed by atoms with Crippen LogP contribution in [0.1, 0.15) is 48.4 Å². The van der Waals surface area contributed by atoms with E-state index in [0.717, 1.165) is 30.4 Å². The zero-order chi connectivity index (χ0) is 27.7. The molecule has 0 bridgehead atoms. The van der Waals surface area contributed by atoms with Gasteiger partial charge >= 0.3 is 0 Å². The molecule has 0 atom stereocenters. The number of allylic oxidation sites excluding steroid dienone is 2. The van der Waals surface area contributed by atoms with E-state index in [1.807, 2.05) is 27.7 Å². The maximum Gasteiger partial charge on any atom is 0.187 e. The van der Waals surface area contributed by atoms with E-state index in [1.54, 1.807) is 0 Å². The first kappa shape index (κ1) is 32.3. The molecule has 36 heavy (non-hydrogen) atoms. The molecule has 2 aromatic rings. The molecule has 0 amide bonds. The highest BCUT2D eigenvalue weighted by atomic mass is 32.2. The molecular formula is C20H20N6O8S2-2. The van der Waals surface area contributed by atoms with E-state index in [2.05, 4.69) is 29.4 Å². The van der Waals surface area contributed by atoms with Crippen LogP contribution in [-0.4, -0.2) is 24.5 Å². The van der Waals surface area contributed by atoms with Gasteiger partial charge in [0, 0.05) is 32.3 Å². The second-order valence-corrected chi connectivity index (χ2v) is 7.57. The standard InChI is InChI=1S/C16H10N6O8S2.2C2H6/c17-21-19-9-1-3-11(15(7-9)31-30-29-25)13(23)5-6-14(24)12-4-2-10(20-22-18)8-16(12)32(26,27)28;2*1-2/h1-8,25H,(H,26,27,28);2*1-2H3/p-2/b6-5+;;. The van der Waals surface area contributed by atoms with Crippen LogP contribution in [0.2, 0.25) is 0 Å². The van der Waals surface area contributed by atoms with E-state index in [4.69, 9.17) is 11.1 Å². The summed E-state index contributed by atoms with van der Waals surface area (Å²) < 4.78 is 38.6. The van der Waals surface area contributed by atoms with Gasteiger partial charge in [0.15, 0.2) is 11.6 Å². The van der Waals surface area contributed by atoms with Crippen molar-refractivity contribution in [1.29, 1.82) is 0 Å². The predicted molar refractivity (Wildman–Crippen MR) is 127 cm³/mol. The number of carbonyl (C=O) groups excluding carboxylic acids is 2. The highest BCUT2D eigenvalue weighted by Gasteiger charge is 2.16. The van der Waals surface area contributed by atoms with Crippen LogP contribution < -0.4 is 5.26 Å². The zero-order valence-electron chi connectivity index (χ0n) is 19.4. The van der Waals surface area contributed by atoms with Gasteiger partial charge in [-0.3, -0.25) is 14.6 Å². The molecule has 0 spiro atoms. The zero-order valence-corrected chi connectivity index (χ0v) is 21.0. The highest BCUT2D eigenvalue weighted by Crippen LogP contribution is 2.29. The minimum atomic E-state index is -5.11. The number of hydrogen-bond donors (Lipinski definition) is 0. The number of benzene rings is 2. The molecule has 14 nitrogen and oxygen atoms in total. The topological polar surface area (TPSA) is 230 Å². The van der Waals surface area contributed by atoms with Crippen molar-refractivity contribution in [2.75, 3.05) is 0 Å². The third-order valence-electron chi connectivity index (χ3n) is 3.59. The third kappa shape index (κ3) is 9.87. The fraction of sp³-hybridized carbons (Fsp3) is 0.200. The molecule has 0 saturated carbocycles. The lowest BCUT2D eigenvalue weighted by atomic mass is 10.1. The monoisotopic (exact) mass is 536 g/mol. The average Bonchev–Trinajstić information content (AvgIpc) is 2.88. The summed E-state index contributed by atoms with van der Waals surface area (Å²) in [6, 6.07) is 6.51. The van der Waals surface area contributed by atoms with Gasteiger partial charge in [0.25, 0.3) is 0 Å². The molecule has 0 heterocycles. The fourth-order valence-electron chi connectivity index (χ4n) is 2.31. The molecule has 0 fully saturated rings. The molecule has 2 aromatic carbocycles. The molecule has 0 aromatic heterocycles. The molecule has 0 aliphatic rings. The second-order valence-electron chi connectivity index (χ2n) is 5.48. The van der Waals surface area contributed by atoms with Crippen LogP contribution in [0, 0.1) is 0 Å². The Bertz CT molecular complexity index is 1300. The summed E-state index contributed by atoms with van der Waals surface area (Å²) in [4.78, 5) is 29.0. The smallest absolute Gasteiger partial charge is 0.187 e. The Morgan fingerprint density at radius 2 is 1.39 bits per heavy atom. The Morgan fingerprint density at radius 3 is 1.86 bits per heavy atom. The van der Waals surface area contributed by atoms with Crippen LogP contribution in [0.3, 0.4) is 0 Å². The van der Waals surface area contributed by atoms with E-state index in [9.17, 15) is 27.8 Å². The Hall–Kier alpha value is -3.72. The summed E-state index contributed by atoms with van der Waals surface area (Å²) in [5.74, 6) is -1.78. The molecule has 16 heteroatoms. The Kier molecular flexibility index (Phi) is 15.1. The van der Waals surface area contributed by atoms with Crippen LogP contribution in [-0.2, 0) is 19.5 Å². The van der Waals surface area contributed by atoms with Crippen molar-refractivity contribution in [2.24, 2.45) is 10.2 Å². The van der Waals surface area contributed by atoms with Gasteiger partial charge in [0.1, 0.15) is 10.1 Å². The van der Waals surface area contributed by atoms with E-state index in [-0.39, 0.29) is 21.8 Å². The number of rotatable bonds is 10. The SMILES string of the molecule is CC.CC.[N-]=[N+]=Nc1ccc(C(=O)/C=C/C(=O)c2ccc(N=[N+]=[N-])cc2S(=O)(=O)[O-])c(SOO[O-])c1. The average molecular weight is 537 g/mol. The van der Waals surface area contributed by atoms with E-state index in [1.165, 1.54) is 18.2 Å². The molecule has 0 aliphatic carbocycles.